The number of nitrogens with zero attached hydrogens (tertiary/aromatic N) is 1. The lowest BCUT2D eigenvalue weighted by atomic mass is 10.2. The Morgan fingerprint density at radius 2 is 2.30 bits per heavy atom. The van der Waals surface area contributed by atoms with Crippen molar-refractivity contribution in [2.24, 2.45) is 0 Å². The zero-order valence-electron chi connectivity index (χ0n) is 7.17. The molecule has 10 heavy (non-hydrogen) atoms. The zero-order valence-corrected chi connectivity index (χ0v) is 7.17. The van der Waals surface area contributed by atoms with Crippen molar-refractivity contribution in [3.05, 3.63) is 12.2 Å². The van der Waals surface area contributed by atoms with Crippen molar-refractivity contribution in [1.29, 1.82) is 0 Å². The molecule has 0 amide bonds. The Hall–Kier alpha value is -0.300. The minimum absolute atomic E-state index is 0.694. The maximum absolute atomic E-state index is 2.51. The summed E-state index contributed by atoms with van der Waals surface area (Å²) in [6.07, 6.45) is 5.84. The van der Waals surface area contributed by atoms with Crippen LogP contribution in [0.2, 0.25) is 0 Å². The Morgan fingerprint density at radius 3 is 2.70 bits per heavy atom. The van der Waals surface area contributed by atoms with E-state index in [1.807, 2.05) is 0 Å². The van der Waals surface area contributed by atoms with Crippen molar-refractivity contribution in [3.63, 3.8) is 0 Å². The molecule has 0 N–H and O–H groups in total. The summed E-state index contributed by atoms with van der Waals surface area (Å²) in [7, 11) is 0. The standard InChI is InChI=1S/C9H17N/c1-4-9-6-5-7-10(9)8(2)3/h5-6,8-9H,4,7H2,1-3H3/t9-/m1/s1. The summed E-state index contributed by atoms with van der Waals surface area (Å²) < 4.78 is 0. The van der Waals surface area contributed by atoms with Crippen LogP contribution in [0.1, 0.15) is 27.2 Å². The van der Waals surface area contributed by atoms with Crippen LogP contribution in [0.15, 0.2) is 12.2 Å². The lowest BCUT2D eigenvalue weighted by Gasteiger charge is -2.27. The fourth-order valence-corrected chi connectivity index (χ4v) is 1.55. The minimum Gasteiger partial charge on any atom is -0.291 e. The van der Waals surface area contributed by atoms with Gasteiger partial charge in [-0.15, -0.1) is 0 Å². The molecule has 0 spiro atoms. The largest absolute Gasteiger partial charge is 0.291 e. The average molecular weight is 139 g/mol. The van der Waals surface area contributed by atoms with E-state index in [0.29, 0.717) is 12.1 Å². The summed E-state index contributed by atoms with van der Waals surface area (Å²) in [5, 5.41) is 0. The molecule has 1 nitrogen and oxygen atoms in total. The lowest BCUT2D eigenvalue weighted by Crippen LogP contribution is -2.35. The third kappa shape index (κ3) is 1.40. The van der Waals surface area contributed by atoms with Gasteiger partial charge in [0.2, 0.25) is 0 Å². The molecule has 1 atom stereocenters. The third-order valence-corrected chi connectivity index (χ3v) is 2.18. The molecular formula is C9H17N. The first-order valence-electron chi connectivity index (χ1n) is 4.18. The Bertz CT molecular complexity index is 127. The first-order valence-corrected chi connectivity index (χ1v) is 4.18. The van der Waals surface area contributed by atoms with Gasteiger partial charge in [-0.3, -0.25) is 4.90 Å². The van der Waals surface area contributed by atoms with Gasteiger partial charge in [-0.05, 0) is 20.3 Å². The predicted molar refractivity (Wildman–Crippen MR) is 45.1 cm³/mol. The number of hydrogen-bond acceptors (Lipinski definition) is 1. The fraction of sp³-hybridized carbons (Fsp3) is 0.778. The first-order chi connectivity index (χ1) is 4.75. The summed E-state index contributed by atoms with van der Waals surface area (Å²) >= 11 is 0. The van der Waals surface area contributed by atoms with Gasteiger partial charge in [0, 0.05) is 18.6 Å². The summed E-state index contributed by atoms with van der Waals surface area (Å²) in [5.41, 5.74) is 0. The second-order valence-corrected chi connectivity index (χ2v) is 3.19. The van der Waals surface area contributed by atoms with Crippen LogP contribution in [0.3, 0.4) is 0 Å². The quantitative estimate of drug-likeness (QED) is 0.529. The smallest absolute Gasteiger partial charge is 0.0282 e. The molecule has 0 saturated carbocycles. The Morgan fingerprint density at radius 1 is 1.60 bits per heavy atom. The van der Waals surface area contributed by atoms with Gasteiger partial charge in [-0.2, -0.15) is 0 Å². The average Bonchev–Trinajstić information content (AvgIpc) is 2.33. The molecule has 0 aromatic carbocycles. The van der Waals surface area contributed by atoms with E-state index in [0.717, 1.165) is 6.54 Å². The van der Waals surface area contributed by atoms with E-state index in [4.69, 9.17) is 0 Å². The molecule has 1 rings (SSSR count). The molecule has 1 heterocycles. The zero-order chi connectivity index (χ0) is 7.56. The molecule has 0 bridgehead atoms. The van der Waals surface area contributed by atoms with E-state index in [1.54, 1.807) is 0 Å². The molecule has 0 saturated heterocycles. The highest BCUT2D eigenvalue weighted by atomic mass is 15.2. The molecule has 0 aromatic rings. The van der Waals surface area contributed by atoms with Gasteiger partial charge < -0.3 is 0 Å². The van der Waals surface area contributed by atoms with Gasteiger partial charge in [0.15, 0.2) is 0 Å². The maximum atomic E-state index is 2.51. The second kappa shape index (κ2) is 3.20. The van der Waals surface area contributed by atoms with E-state index in [-0.39, 0.29) is 0 Å². The molecule has 0 aromatic heterocycles. The van der Waals surface area contributed by atoms with Crippen molar-refractivity contribution >= 4 is 0 Å². The third-order valence-electron chi connectivity index (χ3n) is 2.18. The monoisotopic (exact) mass is 139 g/mol. The van der Waals surface area contributed by atoms with Crippen LogP contribution in [0.25, 0.3) is 0 Å². The molecule has 1 aliphatic rings. The van der Waals surface area contributed by atoms with Crippen LogP contribution in [0, 0.1) is 0 Å². The topological polar surface area (TPSA) is 3.24 Å². The van der Waals surface area contributed by atoms with E-state index >= 15 is 0 Å². The number of rotatable bonds is 2. The molecule has 0 fully saturated rings. The fourth-order valence-electron chi connectivity index (χ4n) is 1.55. The van der Waals surface area contributed by atoms with Crippen LogP contribution in [0.4, 0.5) is 0 Å². The summed E-state index contributed by atoms with van der Waals surface area (Å²) in [4.78, 5) is 2.51. The summed E-state index contributed by atoms with van der Waals surface area (Å²) in [6, 6.07) is 1.40. The maximum Gasteiger partial charge on any atom is 0.0282 e. The van der Waals surface area contributed by atoms with Crippen LogP contribution in [0.5, 0.6) is 0 Å². The molecule has 0 unspecified atom stereocenters. The van der Waals surface area contributed by atoms with E-state index in [1.165, 1.54) is 6.42 Å². The van der Waals surface area contributed by atoms with Gasteiger partial charge in [-0.25, -0.2) is 0 Å². The number of hydrogen-bond donors (Lipinski definition) is 0. The van der Waals surface area contributed by atoms with Crippen LogP contribution < -0.4 is 0 Å². The highest BCUT2D eigenvalue weighted by Crippen LogP contribution is 2.15. The molecule has 1 aliphatic heterocycles. The predicted octanol–water partition coefficient (Wildman–Crippen LogP) is 2.05. The van der Waals surface area contributed by atoms with Crippen molar-refractivity contribution in [3.8, 4) is 0 Å². The van der Waals surface area contributed by atoms with Crippen LogP contribution in [-0.4, -0.2) is 23.5 Å². The SMILES string of the molecule is CC[C@@H]1C=CCN1C(C)C. The van der Waals surface area contributed by atoms with Crippen LogP contribution >= 0.6 is 0 Å². The van der Waals surface area contributed by atoms with Gasteiger partial charge in [0.1, 0.15) is 0 Å². The first kappa shape index (κ1) is 7.80. The summed E-state index contributed by atoms with van der Waals surface area (Å²) in [5.74, 6) is 0. The minimum atomic E-state index is 0.694. The van der Waals surface area contributed by atoms with Crippen molar-refractivity contribution in [2.75, 3.05) is 6.54 Å². The van der Waals surface area contributed by atoms with Crippen molar-refractivity contribution in [1.82, 2.24) is 4.90 Å². The van der Waals surface area contributed by atoms with Gasteiger partial charge >= 0.3 is 0 Å². The van der Waals surface area contributed by atoms with E-state index < -0.39 is 0 Å². The molecule has 1 heteroatoms. The highest BCUT2D eigenvalue weighted by molar-refractivity contribution is 5.04. The molecule has 0 aliphatic carbocycles. The van der Waals surface area contributed by atoms with Gasteiger partial charge in [-0.1, -0.05) is 19.1 Å². The van der Waals surface area contributed by atoms with Crippen molar-refractivity contribution < 1.29 is 0 Å². The van der Waals surface area contributed by atoms with Crippen LogP contribution in [-0.2, 0) is 0 Å². The highest BCUT2D eigenvalue weighted by Gasteiger charge is 2.19. The Kier molecular flexibility index (Phi) is 2.50. The van der Waals surface area contributed by atoms with Gasteiger partial charge in [0.05, 0.1) is 0 Å². The second-order valence-electron chi connectivity index (χ2n) is 3.19. The Labute approximate surface area is 63.7 Å². The van der Waals surface area contributed by atoms with E-state index in [9.17, 15) is 0 Å². The molecule has 58 valence electrons. The van der Waals surface area contributed by atoms with Crippen molar-refractivity contribution in [2.45, 2.75) is 39.3 Å². The summed E-state index contributed by atoms with van der Waals surface area (Å²) in [6.45, 7) is 7.91. The van der Waals surface area contributed by atoms with E-state index in [2.05, 4.69) is 37.8 Å². The molecule has 0 radical (unpaired) electrons. The molecular weight excluding hydrogens is 122 g/mol. The lowest BCUT2D eigenvalue weighted by molar-refractivity contribution is 0.215. The normalized spacial score (nSPS) is 26.6. The van der Waals surface area contributed by atoms with Gasteiger partial charge in [0.25, 0.3) is 0 Å². The Balaban J connectivity index is 2.47.